The Kier molecular flexibility index (Phi) is 5.25. The fourth-order valence-corrected chi connectivity index (χ4v) is 2.13. The number of aliphatic hydroxyl groups excluding tert-OH is 1. The standard InChI is InChI=1S/C12H18FNOS/c1-8(6-15)7-16-12-4-3-10(9(2)14)5-11(12)13/h3-5,8-9,15H,6-7,14H2,1-2H3/t8?,9-/m0/s1. The minimum absolute atomic E-state index is 0.131. The molecule has 0 aromatic heterocycles. The normalized spacial score (nSPS) is 14.8. The number of hydrogen-bond acceptors (Lipinski definition) is 3. The second-order valence-electron chi connectivity index (χ2n) is 4.08. The SMILES string of the molecule is CC(CO)CSc1ccc([C@H](C)N)cc1F. The van der Waals surface area contributed by atoms with Crippen LogP contribution in [0, 0.1) is 11.7 Å². The first-order valence-corrected chi connectivity index (χ1v) is 6.31. The molecule has 1 aromatic carbocycles. The van der Waals surface area contributed by atoms with Crippen molar-refractivity contribution >= 4 is 11.8 Å². The molecule has 0 aliphatic rings. The largest absolute Gasteiger partial charge is 0.396 e. The van der Waals surface area contributed by atoms with Crippen molar-refractivity contribution in [2.45, 2.75) is 24.8 Å². The van der Waals surface area contributed by atoms with Gasteiger partial charge in [0.1, 0.15) is 5.82 Å². The molecule has 0 radical (unpaired) electrons. The second kappa shape index (κ2) is 6.23. The highest BCUT2D eigenvalue weighted by molar-refractivity contribution is 7.99. The zero-order chi connectivity index (χ0) is 12.1. The molecule has 0 aliphatic heterocycles. The van der Waals surface area contributed by atoms with Crippen molar-refractivity contribution in [1.82, 2.24) is 0 Å². The number of aliphatic hydroxyl groups is 1. The highest BCUT2D eigenvalue weighted by atomic mass is 32.2. The van der Waals surface area contributed by atoms with Crippen LogP contribution in [0.5, 0.6) is 0 Å². The molecular formula is C12H18FNOS. The molecule has 0 spiro atoms. The van der Waals surface area contributed by atoms with Crippen LogP contribution in [0.3, 0.4) is 0 Å². The lowest BCUT2D eigenvalue weighted by molar-refractivity contribution is 0.250. The first kappa shape index (κ1) is 13.5. The molecule has 0 heterocycles. The van der Waals surface area contributed by atoms with Gasteiger partial charge in [0.05, 0.1) is 0 Å². The van der Waals surface area contributed by atoms with Gasteiger partial charge in [0.15, 0.2) is 0 Å². The van der Waals surface area contributed by atoms with E-state index in [1.54, 1.807) is 6.07 Å². The number of nitrogens with two attached hydrogens (primary N) is 1. The lowest BCUT2D eigenvalue weighted by Gasteiger charge is -2.10. The van der Waals surface area contributed by atoms with E-state index < -0.39 is 0 Å². The Bertz CT molecular complexity index is 344. The molecular weight excluding hydrogens is 225 g/mol. The van der Waals surface area contributed by atoms with Crippen LogP contribution in [0.15, 0.2) is 23.1 Å². The zero-order valence-corrected chi connectivity index (χ0v) is 10.4. The maximum atomic E-state index is 13.6. The molecule has 4 heteroatoms. The smallest absolute Gasteiger partial charge is 0.137 e. The van der Waals surface area contributed by atoms with E-state index in [2.05, 4.69) is 0 Å². The average molecular weight is 243 g/mol. The number of benzene rings is 1. The summed E-state index contributed by atoms with van der Waals surface area (Å²) in [6.45, 7) is 3.89. The van der Waals surface area contributed by atoms with E-state index in [-0.39, 0.29) is 24.4 Å². The van der Waals surface area contributed by atoms with Gasteiger partial charge in [0.2, 0.25) is 0 Å². The van der Waals surface area contributed by atoms with Crippen molar-refractivity contribution in [3.8, 4) is 0 Å². The maximum Gasteiger partial charge on any atom is 0.137 e. The molecule has 1 rings (SSSR count). The van der Waals surface area contributed by atoms with E-state index in [1.807, 2.05) is 19.9 Å². The van der Waals surface area contributed by atoms with Crippen molar-refractivity contribution in [2.75, 3.05) is 12.4 Å². The summed E-state index contributed by atoms with van der Waals surface area (Å²) in [5.74, 6) is 0.660. The minimum atomic E-state index is -0.232. The van der Waals surface area contributed by atoms with Gasteiger partial charge >= 0.3 is 0 Å². The fourth-order valence-electron chi connectivity index (χ4n) is 1.20. The van der Waals surface area contributed by atoms with E-state index in [0.717, 1.165) is 5.56 Å². The number of hydrogen-bond donors (Lipinski definition) is 2. The molecule has 0 bridgehead atoms. The summed E-state index contributed by atoms with van der Waals surface area (Å²) in [6, 6.07) is 4.93. The summed E-state index contributed by atoms with van der Waals surface area (Å²) in [7, 11) is 0. The van der Waals surface area contributed by atoms with Crippen molar-refractivity contribution in [3.05, 3.63) is 29.6 Å². The lowest BCUT2D eigenvalue weighted by atomic mass is 10.1. The molecule has 0 aliphatic carbocycles. The summed E-state index contributed by atoms with van der Waals surface area (Å²) < 4.78 is 13.6. The summed E-state index contributed by atoms with van der Waals surface area (Å²) in [5.41, 5.74) is 6.47. The Morgan fingerprint density at radius 3 is 2.62 bits per heavy atom. The quantitative estimate of drug-likeness (QED) is 0.781. The first-order valence-electron chi connectivity index (χ1n) is 5.33. The Morgan fingerprint density at radius 2 is 2.12 bits per heavy atom. The third kappa shape index (κ3) is 3.77. The van der Waals surface area contributed by atoms with Crippen LogP contribution in [-0.2, 0) is 0 Å². The van der Waals surface area contributed by atoms with E-state index >= 15 is 0 Å². The van der Waals surface area contributed by atoms with Gasteiger partial charge in [-0.25, -0.2) is 4.39 Å². The van der Waals surface area contributed by atoms with E-state index in [4.69, 9.17) is 10.8 Å². The van der Waals surface area contributed by atoms with Crippen LogP contribution < -0.4 is 5.73 Å². The summed E-state index contributed by atoms with van der Waals surface area (Å²) in [5, 5.41) is 8.88. The van der Waals surface area contributed by atoms with Gasteiger partial charge in [-0.2, -0.15) is 0 Å². The van der Waals surface area contributed by atoms with Crippen LogP contribution in [-0.4, -0.2) is 17.5 Å². The lowest BCUT2D eigenvalue weighted by Crippen LogP contribution is -2.06. The van der Waals surface area contributed by atoms with Gasteiger partial charge in [-0.3, -0.25) is 0 Å². The number of rotatable bonds is 5. The predicted molar refractivity (Wildman–Crippen MR) is 66.0 cm³/mol. The Hall–Kier alpha value is -0.580. The van der Waals surface area contributed by atoms with Crippen LogP contribution in [0.1, 0.15) is 25.5 Å². The van der Waals surface area contributed by atoms with Crippen molar-refractivity contribution < 1.29 is 9.50 Å². The summed E-state index contributed by atoms with van der Waals surface area (Å²) in [4.78, 5) is 0.615. The van der Waals surface area contributed by atoms with Gasteiger partial charge in [0.25, 0.3) is 0 Å². The third-order valence-electron chi connectivity index (χ3n) is 2.32. The average Bonchev–Trinajstić information content (AvgIpc) is 2.26. The third-order valence-corrected chi connectivity index (χ3v) is 3.69. The number of halogens is 1. The highest BCUT2D eigenvalue weighted by Crippen LogP contribution is 2.25. The summed E-state index contributed by atoms with van der Waals surface area (Å²) >= 11 is 1.42. The highest BCUT2D eigenvalue weighted by Gasteiger charge is 2.08. The Labute approximate surface area is 100 Å². The molecule has 0 saturated heterocycles. The van der Waals surface area contributed by atoms with E-state index in [9.17, 15) is 4.39 Å². The van der Waals surface area contributed by atoms with Gasteiger partial charge < -0.3 is 10.8 Å². The molecule has 16 heavy (non-hydrogen) atoms. The monoisotopic (exact) mass is 243 g/mol. The molecule has 90 valence electrons. The van der Waals surface area contributed by atoms with Crippen molar-refractivity contribution in [1.29, 1.82) is 0 Å². The Balaban J connectivity index is 2.68. The van der Waals surface area contributed by atoms with E-state index in [0.29, 0.717) is 10.6 Å². The molecule has 1 aromatic rings. The van der Waals surface area contributed by atoms with E-state index in [1.165, 1.54) is 17.8 Å². The second-order valence-corrected chi connectivity index (χ2v) is 5.14. The molecule has 0 fully saturated rings. The Morgan fingerprint density at radius 1 is 1.44 bits per heavy atom. The van der Waals surface area contributed by atoms with Gasteiger partial charge in [-0.05, 0) is 30.5 Å². The fraction of sp³-hybridized carbons (Fsp3) is 0.500. The number of thioether (sulfide) groups is 1. The van der Waals surface area contributed by atoms with Crippen molar-refractivity contribution in [3.63, 3.8) is 0 Å². The van der Waals surface area contributed by atoms with Gasteiger partial charge in [0, 0.05) is 23.3 Å². The minimum Gasteiger partial charge on any atom is -0.396 e. The van der Waals surface area contributed by atoms with Gasteiger partial charge in [-0.15, -0.1) is 11.8 Å². The molecule has 2 atom stereocenters. The van der Waals surface area contributed by atoms with Crippen LogP contribution in [0.4, 0.5) is 4.39 Å². The van der Waals surface area contributed by atoms with Crippen LogP contribution in [0.2, 0.25) is 0 Å². The molecule has 3 N–H and O–H groups in total. The van der Waals surface area contributed by atoms with Crippen molar-refractivity contribution in [2.24, 2.45) is 11.7 Å². The molecule has 2 nitrogen and oxygen atoms in total. The van der Waals surface area contributed by atoms with Crippen LogP contribution >= 0.6 is 11.8 Å². The zero-order valence-electron chi connectivity index (χ0n) is 9.61. The topological polar surface area (TPSA) is 46.2 Å². The van der Waals surface area contributed by atoms with Crippen LogP contribution in [0.25, 0.3) is 0 Å². The molecule has 0 amide bonds. The first-order chi connectivity index (χ1) is 7.54. The predicted octanol–water partition coefficient (Wildman–Crippen LogP) is 2.57. The molecule has 0 saturated carbocycles. The van der Waals surface area contributed by atoms with Gasteiger partial charge in [-0.1, -0.05) is 13.0 Å². The summed E-state index contributed by atoms with van der Waals surface area (Å²) in [6.07, 6.45) is 0. The molecule has 1 unspecified atom stereocenters. The maximum absolute atomic E-state index is 13.6.